The van der Waals surface area contributed by atoms with E-state index in [1.54, 1.807) is 13.2 Å². The summed E-state index contributed by atoms with van der Waals surface area (Å²) in [4.78, 5) is 29.6. The summed E-state index contributed by atoms with van der Waals surface area (Å²) < 4.78 is 46.2. The highest BCUT2D eigenvalue weighted by atomic mass is 19.4. The zero-order valence-corrected chi connectivity index (χ0v) is 18.8. The van der Waals surface area contributed by atoms with Crippen molar-refractivity contribution < 1.29 is 22.7 Å². The van der Waals surface area contributed by atoms with Crippen molar-refractivity contribution in [1.29, 1.82) is 0 Å². The molecule has 0 saturated carbocycles. The Morgan fingerprint density at radius 2 is 1.89 bits per heavy atom. The largest absolute Gasteiger partial charge is 0.496 e. The molecule has 0 saturated heterocycles. The normalized spacial score (nSPS) is 11.7. The Labute approximate surface area is 201 Å². The molecule has 36 heavy (non-hydrogen) atoms. The van der Waals surface area contributed by atoms with Gasteiger partial charge in [-0.3, -0.25) is 9.59 Å². The molecule has 0 aliphatic rings. The van der Waals surface area contributed by atoms with Crippen LogP contribution in [0.5, 0.6) is 5.75 Å². The standard InChI is InChI=1S/C25H18F3N5O3/c1-36-20-8-3-2-5-16(20)13-29-23(34)15-9-10-18-19(12-15)33-22(30-24(18)35)21(31-32-33)14-6-4-7-17(11-14)25(26,27)28/h2-12,32H,13H2,1H3,(H,29,34). The average Bonchev–Trinajstić information content (AvgIpc) is 3.30. The van der Waals surface area contributed by atoms with E-state index in [9.17, 15) is 22.8 Å². The molecular formula is C25H18F3N5O3. The minimum Gasteiger partial charge on any atom is -0.496 e. The van der Waals surface area contributed by atoms with Crippen LogP contribution in [0.25, 0.3) is 27.8 Å². The molecule has 0 aliphatic heterocycles. The summed E-state index contributed by atoms with van der Waals surface area (Å²) in [7, 11) is 1.54. The van der Waals surface area contributed by atoms with Gasteiger partial charge in [0.15, 0.2) is 5.65 Å². The molecule has 2 N–H and O–H groups in total. The van der Waals surface area contributed by atoms with Crippen LogP contribution in [0.4, 0.5) is 13.2 Å². The zero-order chi connectivity index (χ0) is 25.4. The fourth-order valence-corrected chi connectivity index (χ4v) is 3.93. The number of aromatic amines is 1. The first kappa shape index (κ1) is 23.1. The van der Waals surface area contributed by atoms with Gasteiger partial charge in [0.25, 0.3) is 11.5 Å². The molecule has 182 valence electrons. The second-order valence-electron chi connectivity index (χ2n) is 7.94. The predicted octanol–water partition coefficient (Wildman–Crippen LogP) is 4.20. The van der Waals surface area contributed by atoms with E-state index < -0.39 is 23.2 Å². The van der Waals surface area contributed by atoms with Crippen LogP contribution in [0.1, 0.15) is 21.5 Å². The topological polar surface area (TPSA) is 101 Å². The number of rotatable bonds is 5. The van der Waals surface area contributed by atoms with E-state index >= 15 is 0 Å². The quantitative estimate of drug-likeness (QED) is 0.382. The molecule has 8 nitrogen and oxygen atoms in total. The number of carbonyl (C=O) groups is 1. The number of hydrogen-bond donors (Lipinski definition) is 2. The molecule has 0 fully saturated rings. The minimum atomic E-state index is -4.54. The number of fused-ring (bicyclic) bond motifs is 3. The van der Waals surface area contributed by atoms with Crippen molar-refractivity contribution in [3.63, 3.8) is 0 Å². The van der Waals surface area contributed by atoms with E-state index in [-0.39, 0.29) is 34.4 Å². The number of ether oxygens (including phenoxy) is 1. The minimum absolute atomic E-state index is 0.0402. The summed E-state index contributed by atoms with van der Waals surface area (Å²) in [6.45, 7) is 0.219. The average molecular weight is 493 g/mol. The fourth-order valence-electron chi connectivity index (χ4n) is 3.93. The van der Waals surface area contributed by atoms with Crippen LogP contribution in [0.15, 0.2) is 71.5 Å². The Bertz CT molecular complexity index is 1670. The molecule has 0 spiro atoms. The summed E-state index contributed by atoms with van der Waals surface area (Å²) in [6.07, 6.45) is -4.54. The van der Waals surface area contributed by atoms with Gasteiger partial charge in [0.2, 0.25) is 0 Å². The first-order chi connectivity index (χ1) is 17.3. The number of para-hydroxylation sites is 1. The van der Waals surface area contributed by atoms with Crippen molar-refractivity contribution in [2.75, 3.05) is 7.11 Å². The molecule has 5 rings (SSSR count). The van der Waals surface area contributed by atoms with Gasteiger partial charge in [-0.15, -0.1) is 0 Å². The number of H-pyrrole nitrogens is 1. The van der Waals surface area contributed by atoms with Crippen LogP contribution in [0.3, 0.4) is 0 Å². The smallest absolute Gasteiger partial charge is 0.416 e. The van der Waals surface area contributed by atoms with Gasteiger partial charge in [-0.05, 0) is 36.4 Å². The van der Waals surface area contributed by atoms with Gasteiger partial charge in [-0.25, -0.2) is 9.73 Å². The highest BCUT2D eigenvalue weighted by Gasteiger charge is 2.31. The lowest BCUT2D eigenvalue weighted by atomic mass is 10.1. The van der Waals surface area contributed by atoms with Gasteiger partial charge >= 0.3 is 6.18 Å². The fraction of sp³-hybridized carbons (Fsp3) is 0.120. The molecule has 0 bridgehead atoms. The van der Waals surface area contributed by atoms with Crippen molar-refractivity contribution in [2.24, 2.45) is 0 Å². The molecule has 5 aromatic rings. The zero-order valence-electron chi connectivity index (χ0n) is 18.8. The number of methoxy groups -OCH3 is 1. The molecule has 2 aromatic heterocycles. The third kappa shape index (κ3) is 4.15. The third-order valence-corrected chi connectivity index (χ3v) is 5.72. The number of aromatic nitrogens is 4. The summed E-state index contributed by atoms with van der Waals surface area (Å²) >= 11 is 0. The van der Waals surface area contributed by atoms with Crippen molar-refractivity contribution in [3.05, 3.63) is 93.8 Å². The molecular weight excluding hydrogens is 475 g/mol. The number of benzene rings is 3. The third-order valence-electron chi connectivity index (χ3n) is 5.72. The van der Waals surface area contributed by atoms with Gasteiger partial charge in [-0.2, -0.15) is 23.3 Å². The van der Waals surface area contributed by atoms with Crippen molar-refractivity contribution in [2.45, 2.75) is 12.7 Å². The summed E-state index contributed by atoms with van der Waals surface area (Å²) in [5.41, 5.74) is 0.174. The molecule has 2 heterocycles. The number of amides is 1. The van der Waals surface area contributed by atoms with Crippen LogP contribution < -0.4 is 15.6 Å². The molecule has 0 atom stereocenters. The number of alkyl halides is 3. The summed E-state index contributed by atoms with van der Waals surface area (Å²) in [6, 6.07) is 16.3. The summed E-state index contributed by atoms with van der Waals surface area (Å²) in [5.74, 6) is 0.244. The lowest BCUT2D eigenvalue weighted by Gasteiger charge is -2.10. The van der Waals surface area contributed by atoms with Crippen LogP contribution in [0, 0.1) is 0 Å². The van der Waals surface area contributed by atoms with Crippen LogP contribution in [-0.2, 0) is 12.7 Å². The van der Waals surface area contributed by atoms with E-state index in [2.05, 4.69) is 20.6 Å². The van der Waals surface area contributed by atoms with Crippen molar-refractivity contribution in [3.8, 4) is 17.0 Å². The number of nitrogens with zero attached hydrogens (tertiary/aromatic N) is 3. The van der Waals surface area contributed by atoms with Gasteiger partial charge in [0.1, 0.15) is 11.4 Å². The second kappa shape index (κ2) is 8.84. The maximum absolute atomic E-state index is 13.2. The van der Waals surface area contributed by atoms with Gasteiger partial charge < -0.3 is 10.1 Å². The van der Waals surface area contributed by atoms with Gasteiger partial charge in [-0.1, -0.05) is 30.3 Å². The van der Waals surface area contributed by atoms with E-state index in [0.717, 1.165) is 17.7 Å². The maximum Gasteiger partial charge on any atom is 0.416 e. The van der Waals surface area contributed by atoms with E-state index in [0.29, 0.717) is 11.3 Å². The molecule has 11 heteroatoms. The maximum atomic E-state index is 13.2. The molecule has 1 amide bonds. The Hall–Kier alpha value is -4.67. The molecule has 0 radical (unpaired) electrons. The first-order valence-electron chi connectivity index (χ1n) is 10.7. The molecule has 0 aliphatic carbocycles. The highest BCUT2D eigenvalue weighted by Crippen LogP contribution is 2.32. The Balaban J connectivity index is 1.53. The van der Waals surface area contributed by atoms with Crippen LogP contribution in [0.2, 0.25) is 0 Å². The molecule has 3 aromatic carbocycles. The number of hydrogen-bond acceptors (Lipinski definition) is 5. The molecule has 0 unspecified atom stereocenters. The Kier molecular flexibility index (Phi) is 5.67. The predicted molar refractivity (Wildman–Crippen MR) is 126 cm³/mol. The Morgan fingerprint density at radius 3 is 2.67 bits per heavy atom. The monoisotopic (exact) mass is 493 g/mol. The summed E-state index contributed by atoms with van der Waals surface area (Å²) in [5, 5.41) is 9.82. The van der Waals surface area contributed by atoms with E-state index in [1.807, 2.05) is 18.2 Å². The van der Waals surface area contributed by atoms with Crippen molar-refractivity contribution >= 4 is 22.5 Å². The van der Waals surface area contributed by atoms with Gasteiger partial charge in [0, 0.05) is 23.2 Å². The Morgan fingerprint density at radius 1 is 1.08 bits per heavy atom. The lowest BCUT2D eigenvalue weighted by molar-refractivity contribution is -0.137. The van der Waals surface area contributed by atoms with Crippen LogP contribution >= 0.6 is 0 Å². The van der Waals surface area contributed by atoms with Crippen molar-refractivity contribution in [1.82, 2.24) is 25.1 Å². The highest BCUT2D eigenvalue weighted by molar-refractivity contribution is 5.98. The number of carbonyl (C=O) groups excluding carboxylic acids is 1. The van der Waals surface area contributed by atoms with E-state index in [1.165, 1.54) is 34.8 Å². The lowest BCUT2D eigenvalue weighted by Crippen LogP contribution is -2.23. The SMILES string of the molecule is COc1ccccc1CNC(=O)c1ccc2c(=O)nc3c(-c4cccc(C(F)(F)F)c4)n[nH]n3c2c1. The number of halogens is 3. The number of nitrogens with one attached hydrogen (secondary N) is 2. The second-order valence-corrected chi connectivity index (χ2v) is 7.94. The van der Waals surface area contributed by atoms with Gasteiger partial charge in [0.05, 0.1) is 23.6 Å². The van der Waals surface area contributed by atoms with E-state index in [4.69, 9.17) is 4.74 Å². The first-order valence-corrected chi connectivity index (χ1v) is 10.7. The van der Waals surface area contributed by atoms with Crippen LogP contribution in [-0.4, -0.2) is 32.8 Å².